The van der Waals surface area contributed by atoms with Gasteiger partial charge in [-0.1, -0.05) is 146 Å². The first kappa shape index (κ1) is 32.8. The quantitative estimate of drug-likeness (QED) is 0.110. The van der Waals surface area contributed by atoms with Gasteiger partial charge in [0.25, 0.3) is 0 Å². The van der Waals surface area contributed by atoms with Crippen LogP contribution in [-0.4, -0.2) is 11.6 Å². The number of rotatable bonds is 20. The third-order valence-corrected chi connectivity index (χ3v) is 7.69. The Morgan fingerprint density at radius 1 is 0.541 bits per heavy atom. The Balaban J connectivity index is 0.00000684. The van der Waals surface area contributed by atoms with E-state index in [4.69, 9.17) is 0 Å². The van der Waals surface area contributed by atoms with Crippen molar-refractivity contribution >= 4 is 11.6 Å². The fraction of sp³-hybridized carbons (Fsp3) is 0.588. The van der Waals surface area contributed by atoms with Gasteiger partial charge in [-0.25, -0.2) is 0 Å². The van der Waals surface area contributed by atoms with Crippen molar-refractivity contribution in [2.45, 2.75) is 130 Å². The second kappa shape index (κ2) is 19.8. The number of hydrogen-bond acceptors (Lipinski definition) is 3. The zero-order valence-corrected chi connectivity index (χ0v) is 24.1. The minimum absolute atomic E-state index is 0. The fourth-order valence-electron chi connectivity index (χ4n) is 5.10. The topological polar surface area (TPSA) is 69.1 Å². The lowest BCUT2D eigenvalue weighted by atomic mass is 9.91. The lowest BCUT2D eigenvalue weighted by Gasteiger charge is -2.13. The molecule has 0 radical (unpaired) electrons. The van der Waals surface area contributed by atoms with Crippen molar-refractivity contribution in [2.24, 2.45) is 0 Å². The zero-order valence-electron chi connectivity index (χ0n) is 24.1. The molecule has 0 aliphatic carbocycles. The first-order valence-electron chi connectivity index (χ1n) is 14.8. The highest BCUT2D eigenvalue weighted by molar-refractivity contribution is 6.49. The molecule has 0 amide bonds. The van der Waals surface area contributed by atoms with E-state index >= 15 is 0 Å². The monoisotopic (exact) mass is 507 g/mol. The van der Waals surface area contributed by atoms with Crippen LogP contribution in [0.15, 0.2) is 42.5 Å². The maximum absolute atomic E-state index is 12.8. The van der Waals surface area contributed by atoms with Gasteiger partial charge in [-0.05, 0) is 43.4 Å². The van der Waals surface area contributed by atoms with E-state index in [9.17, 15) is 9.59 Å². The van der Waals surface area contributed by atoms with Crippen LogP contribution in [0, 0.1) is 13.8 Å². The van der Waals surface area contributed by atoms with E-state index in [2.05, 4.69) is 19.9 Å². The van der Waals surface area contributed by atoms with Crippen LogP contribution in [0.1, 0.15) is 147 Å². The van der Waals surface area contributed by atoms with Crippen LogP contribution >= 0.6 is 0 Å². The average Bonchev–Trinajstić information content (AvgIpc) is 2.90. The molecular weight excluding hydrogens is 454 g/mol. The Labute approximate surface area is 227 Å². The van der Waals surface area contributed by atoms with Gasteiger partial charge in [0, 0.05) is 11.1 Å². The van der Waals surface area contributed by atoms with Crippen LogP contribution < -0.4 is 6.15 Å². The van der Waals surface area contributed by atoms with Crippen molar-refractivity contribution in [1.29, 1.82) is 0 Å². The summed E-state index contributed by atoms with van der Waals surface area (Å²) in [5.74, 6) is -0.834. The summed E-state index contributed by atoms with van der Waals surface area (Å²) in [6.45, 7) is 6.34. The van der Waals surface area contributed by atoms with Gasteiger partial charge in [0.2, 0.25) is 11.6 Å². The van der Waals surface area contributed by atoms with Crippen molar-refractivity contribution in [1.82, 2.24) is 6.15 Å². The summed E-state index contributed by atoms with van der Waals surface area (Å²) in [5.41, 5.74) is 4.40. The molecule has 206 valence electrons. The molecule has 3 N–H and O–H groups in total. The van der Waals surface area contributed by atoms with E-state index in [1.807, 2.05) is 19.1 Å². The minimum Gasteiger partial charge on any atom is -0.344 e. The standard InChI is InChI=1S/C34H50O2.H3N/c1-4-5-6-7-8-9-10-11-12-13-14-15-16-17-18-20-23-30-26-27-32(29(3)28(30)2)34(36)33(35)31-24-21-19-22-25-31;/h19,21-22,24-27H,4-18,20,23H2,1-3H3;1H3. The van der Waals surface area contributed by atoms with E-state index in [1.54, 1.807) is 24.3 Å². The fourth-order valence-corrected chi connectivity index (χ4v) is 5.10. The van der Waals surface area contributed by atoms with Gasteiger partial charge in [-0.2, -0.15) is 0 Å². The van der Waals surface area contributed by atoms with E-state index in [0.29, 0.717) is 11.1 Å². The molecule has 0 saturated heterocycles. The summed E-state index contributed by atoms with van der Waals surface area (Å²) in [4.78, 5) is 25.4. The predicted molar refractivity (Wildman–Crippen MR) is 159 cm³/mol. The first-order valence-corrected chi connectivity index (χ1v) is 14.8. The second-order valence-corrected chi connectivity index (χ2v) is 10.6. The number of unbranched alkanes of at least 4 members (excludes halogenated alkanes) is 15. The highest BCUT2D eigenvalue weighted by Crippen LogP contribution is 2.22. The van der Waals surface area contributed by atoms with Crippen molar-refractivity contribution in [3.63, 3.8) is 0 Å². The summed E-state index contributed by atoms with van der Waals surface area (Å²) < 4.78 is 0. The van der Waals surface area contributed by atoms with Gasteiger partial charge in [-0.15, -0.1) is 0 Å². The van der Waals surface area contributed by atoms with Gasteiger partial charge in [-0.3, -0.25) is 9.59 Å². The van der Waals surface area contributed by atoms with Gasteiger partial charge < -0.3 is 6.15 Å². The van der Waals surface area contributed by atoms with Crippen LogP contribution in [0.2, 0.25) is 0 Å². The lowest BCUT2D eigenvalue weighted by molar-refractivity contribution is 0.0816. The molecule has 0 saturated carbocycles. The van der Waals surface area contributed by atoms with Gasteiger partial charge >= 0.3 is 0 Å². The zero-order chi connectivity index (χ0) is 26.0. The number of hydrogen-bond donors (Lipinski definition) is 1. The van der Waals surface area contributed by atoms with Crippen molar-refractivity contribution in [3.05, 3.63) is 70.3 Å². The molecule has 0 heterocycles. The van der Waals surface area contributed by atoms with Crippen LogP contribution in [0.25, 0.3) is 0 Å². The third kappa shape index (κ3) is 12.2. The molecule has 2 rings (SSSR count). The normalized spacial score (nSPS) is 10.8. The van der Waals surface area contributed by atoms with Crippen molar-refractivity contribution in [3.8, 4) is 0 Å². The first-order chi connectivity index (χ1) is 17.6. The molecule has 0 bridgehead atoms. The molecule has 0 fully saturated rings. The van der Waals surface area contributed by atoms with Crippen LogP contribution in [0.3, 0.4) is 0 Å². The summed E-state index contributed by atoms with van der Waals surface area (Å²) >= 11 is 0. The third-order valence-electron chi connectivity index (χ3n) is 7.69. The molecule has 3 heteroatoms. The maximum atomic E-state index is 12.8. The highest BCUT2D eigenvalue weighted by atomic mass is 16.2. The number of ketones is 2. The second-order valence-electron chi connectivity index (χ2n) is 10.6. The maximum Gasteiger partial charge on any atom is 0.233 e. The molecule has 0 unspecified atom stereocenters. The highest BCUT2D eigenvalue weighted by Gasteiger charge is 2.21. The molecule has 0 atom stereocenters. The largest absolute Gasteiger partial charge is 0.344 e. The molecule has 0 spiro atoms. The van der Waals surface area contributed by atoms with Gasteiger partial charge in [0.15, 0.2) is 0 Å². The molecule has 0 aliphatic heterocycles. The molecule has 37 heavy (non-hydrogen) atoms. The SMILES string of the molecule is CCCCCCCCCCCCCCCCCCc1ccc(C(=O)C(=O)c2ccccc2)c(C)c1C.N. The number of benzene rings is 2. The summed E-state index contributed by atoms with van der Waals surface area (Å²) in [6.07, 6.45) is 23.1. The van der Waals surface area contributed by atoms with Gasteiger partial charge in [0.05, 0.1) is 0 Å². The van der Waals surface area contributed by atoms with E-state index in [0.717, 1.165) is 17.5 Å². The Kier molecular flexibility index (Phi) is 17.5. The Bertz CT molecular complexity index is 904. The number of Topliss-reactive ketones (excluding diaryl/α,β-unsaturated/α-hetero) is 2. The smallest absolute Gasteiger partial charge is 0.233 e. The van der Waals surface area contributed by atoms with Crippen LogP contribution in [0.5, 0.6) is 0 Å². The van der Waals surface area contributed by atoms with Crippen LogP contribution in [-0.2, 0) is 6.42 Å². The van der Waals surface area contributed by atoms with Crippen molar-refractivity contribution in [2.75, 3.05) is 0 Å². The summed E-state index contributed by atoms with van der Waals surface area (Å²) in [6, 6.07) is 12.7. The number of carbonyl (C=O) groups is 2. The van der Waals surface area contributed by atoms with E-state index in [-0.39, 0.29) is 6.15 Å². The lowest BCUT2D eigenvalue weighted by Crippen LogP contribution is -2.16. The molecular formula is C34H53NO2. The van der Waals surface area contributed by atoms with Crippen molar-refractivity contribution < 1.29 is 9.59 Å². The minimum atomic E-state index is -0.427. The van der Waals surface area contributed by atoms with E-state index < -0.39 is 11.6 Å². The molecule has 2 aromatic rings. The Morgan fingerprint density at radius 3 is 1.49 bits per heavy atom. The van der Waals surface area contributed by atoms with E-state index in [1.165, 1.54) is 108 Å². The molecule has 0 aromatic heterocycles. The number of aryl methyl sites for hydroxylation is 1. The molecule has 3 nitrogen and oxygen atoms in total. The number of carbonyl (C=O) groups excluding carboxylic acids is 2. The molecule has 2 aromatic carbocycles. The Hall–Kier alpha value is -2.26. The predicted octanol–water partition coefficient (Wildman–Crippen LogP) is 10.3. The average molecular weight is 508 g/mol. The van der Waals surface area contributed by atoms with Gasteiger partial charge in [0.1, 0.15) is 0 Å². The summed E-state index contributed by atoms with van der Waals surface area (Å²) in [7, 11) is 0. The summed E-state index contributed by atoms with van der Waals surface area (Å²) in [5, 5.41) is 0. The Morgan fingerprint density at radius 2 is 1.00 bits per heavy atom. The van der Waals surface area contributed by atoms with Crippen LogP contribution in [0.4, 0.5) is 0 Å². The molecule has 0 aliphatic rings.